The molecule has 1 fully saturated rings. The number of aliphatic hydroxyl groups is 1. The minimum absolute atomic E-state index is 0.0718. The van der Waals surface area contributed by atoms with Crippen LogP contribution in [0.4, 0.5) is 0 Å². The average Bonchev–Trinajstić information content (AvgIpc) is 3.22. The maximum Gasteiger partial charge on any atom is 0.252 e. The summed E-state index contributed by atoms with van der Waals surface area (Å²) in [5.74, 6) is 1.67. The van der Waals surface area contributed by atoms with Gasteiger partial charge in [-0.1, -0.05) is 47.3 Å². The Kier molecular flexibility index (Phi) is 8.84. The molecule has 2 N–H and O–H groups in total. The molecule has 1 aliphatic heterocycles. The average molecular weight is 544 g/mol. The van der Waals surface area contributed by atoms with E-state index in [2.05, 4.69) is 21.2 Å². The molecular formula is C28H35BrN2O4. The van der Waals surface area contributed by atoms with Crippen LogP contribution >= 0.6 is 15.9 Å². The number of nitrogens with one attached hydrogen (secondary N) is 1. The van der Waals surface area contributed by atoms with Crippen LogP contribution in [0, 0.1) is 5.92 Å². The lowest BCUT2D eigenvalue weighted by atomic mass is 9.85. The second-order valence-corrected chi connectivity index (χ2v) is 10.5. The highest BCUT2D eigenvalue weighted by molar-refractivity contribution is 9.10. The van der Waals surface area contributed by atoms with Crippen LogP contribution in [0.2, 0.25) is 0 Å². The van der Waals surface area contributed by atoms with Crippen molar-refractivity contribution in [3.05, 3.63) is 64.1 Å². The van der Waals surface area contributed by atoms with Gasteiger partial charge in [-0.25, -0.2) is 4.99 Å². The lowest BCUT2D eigenvalue weighted by Gasteiger charge is -2.30. The molecule has 0 unspecified atom stereocenters. The molecule has 1 aliphatic carbocycles. The van der Waals surface area contributed by atoms with Crippen LogP contribution in [-0.4, -0.2) is 48.3 Å². The number of carbonyl (C=O) groups is 1. The van der Waals surface area contributed by atoms with Crippen LogP contribution in [-0.2, 0) is 16.0 Å². The number of aliphatic imine (C=N–C) groups is 1. The first kappa shape index (κ1) is 25.7. The van der Waals surface area contributed by atoms with Crippen LogP contribution in [0.15, 0.2) is 58.0 Å². The maximum atomic E-state index is 13.7. The zero-order valence-electron chi connectivity index (χ0n) is 20.3. The van der Waals surface area contributed by atoms with Crippen LogP contribution in [0.25, 0.3) is 0 Å². The van der Waals surface area contributed by atoms with E-state index < -0.39 is 11.6 Å². The van der Waals surface area contributed by atoms with Gasteiger partial charge in [0.25, 0.3) is 5.91 Å². The van der Waals surface area contributed by atoms with Gasteiger partial charge >= 0.3 is 0 Å². The van der Waals surface area contributed by atoms with Gasteiger partial charge in [0, 0.05) is 36.0 Å². The van der Waals surface area contributed by atoms with Crippen molar-refractivity contribution in [3.63, 3.8) is 0 Å². The van der Waals surface area contributed by atoms with Crippen LogP contribution in [0.1, 0.15) is 56.6 Å². The SMILES string of the molecule is C[C@H]1OC(c2ccc(OCCCO)cc2)=N[C@@]1(Cc1ccc(Br)cc1)C(=O)NCC1CCCCC1. The first-order valence-corrected chi connectivity index (χ1v) is 13.4. The number of hydrogen-bond acceptors (Lipinski definition) is 5. The second-order valence-electron chi connectivity index (χ2n) is 9.57. The van der Waals surface area contributed by atoms with Crippen molar-refractivity contribution >= 4 is 27.7 Å². The van der Waals surface area contributed by atoms with Gasteiger partial charge in [0.15, 0.2) is 5.54 Å². The summed E-state index contributed by atoms with van der Waals surface area (Å²) in [5.41, 5.74) is 0.812. The largest absolute Gasteiger partial charge is 0.494 e. The third kappa shape index (κ3) is 6.44. The van der Waals surface area contributed by atoms with Gasteiger partial charge in [-0.3, -0.25) is 4.79 Å². The highest BCUT2D eigenvalue weighted by atomic mass is 79.9. The highest BCUT2D eigenvalue weighted by Gasteiger charge is 2.50. The summed E-state index contributed by atoms with van der Waals surface area (Å²) in [5, 5.41) is 12.2. The van der Waals surface area contributed by atoms with Crippen molar-refractivity contribution in [2.75, 3.05) is 19.8 Å². The zero-order chi connectivity index (χ0) is 24.7. The molecule has 0 bridgehead atoms. The first-order valence-electron chi connectivity index (χ1n) is 12.6. The van der Waals surface area contributed by atoms with E-state index in [1.807, 2.05) is 55.5 Å². The van der Waals surface area contributed by atoms with Crippen LogP contribution in [0.5, 0.6) is 5.75 Å². The summed E-state index contributed by atoms with van der Waals surface area (Å²) in [6.07, 6.45) is 6.77. The minimum atomic E-state index is -1.03. The molecule has 6 nitrogen and oxygen atoms in total. The van der Waals surface area contributed by atoms with E-state index in [1.165, 1.54) is 32.1 Å². The van der Waals surface area contributed by atoms with E-state index in [0.717, 1.165) is 21.3 Å². The summed E-state index contributed by atoms with van der Waals surface area (Å²) in [6, 6.07) is 15.6. The van der Waals surface area contributed by atoms with Gasteiger partial charge in [0.05, 0.1) is 6.61 Å². The number of ether oxygens (including phenoxy) is 2. The van der Waals surface area contributed by atoms with Crippen molar-refractivity contribution in [3.8, 4) is 5.75 Å². The zero-order valence-corrected chi connectivity index (χ0v) is 21.9. The molecule has 2 atom stereocenters. The highest BCUT2D eigenvalue weighted by Crippen LogP contribution is 2.33. The Morgan fingerprint density at radius 2 is 1.86 bits per heavy atom. The van der Waals surface area contributed by atoms with E-state index in [1.54, 1.807) is 0 Å². The summed E-state index contributed by atoms with van der Waals surface area (Å²) >= 11 is 3.49. The Morgan fingerprint density at radius 1 is 1.14 bits per heavy atom. The summed E-state index contributed by atoms with van der Waals surface area (Å²) < 4.78 is 12.8. The third-order valence-corrected chi connectivity index (χ3v) is 7.52. The molecule has 0 spiro atoms. The van der Waals surface area contributed by atoms with Crippen LogP contribution in [0.3, 0.4) is 0 Å². The Hall–Kier alpha value is -2.38. The fraction of sp³-hybridized carbons (Fsp3) is 0.500. The monoisotopic (exact) mass is 542 g/mol. The van der Waals surface area contributed by atoms with Gasteiger partial charge in [0.2, 0.25) is 5.90 Å². The number of nitrogens with zero attached hydrogens (tertiary/aromatic N) is 1. The van der Waals surface area contributed by atoms with Crippen molar-refractivity contribution in [1.82, 2.24) is 5.32 Å². The van der Waals surface area contributed by atoms with E-state index in [9.17, 15) is 4.79 Å². The summed E-state index contributed by atoms with van der Waals surface area (Å²) in [4.78, 5) is 18.7. The van der Waals surface area contributed by atoms with Gasteiger partial charge in [0.1, 0.15) is 11.9 Å². The minimum Gasteiger partial charge on any atom is -0.494 e. The molecule has 4 rings (SSSR count). The molecule has 0 radical (unpaired) electrons. The van der Waals surface area contributed by atoms with Crippen molar-refractivity contribution in [1.29, 1.82) is 0 Å². The van der Waals surface area contributed by atoms with E-state index in [4.69, 9.17) is 19.6 Å². The Morgan fingerprint density at radius 3 is 2.54 bits per heavy atom. The first-order chi connectivity index (χ1) is 17.0. The number of benzene rings is 2. The number of amides is 1. The third-order valence-electron chi connectivity index (χ3n) is 6.99. The number of rotatable bonds is 10. The number of hydrogen-bond donors (Lipinski definition) is 2. The van der Waals surface area contributed by atoms with Crippen LogP contribution < -0.4 is 10.1 Å². The number of aliphatic hydroxyl groups excluding tert-OH is 1. The Balaban J connectivity index is 1.56. The maximum absolute atomic E-state index is 13.7. The molecule has 35 heavy (non-hydrogen) atoms. The standard InChI is InChI=1S/C28H35BrN2O4/c1-20-28(18-21-8-12-24(29)13-9-21,27(33)30-19-22-6-3-2-4-7-22)31-26(35-20)23-10-14-25(15-11-23)34-17-5-16-32/h8-15,20,22,32H,2-7,16-19H2,1H3,(H,30,33)/t20-,28-/m1/s1. The van der Waals surface area contributed by atoms with Gasteiger partial charge in [-0.05, 0) is 67.6 Å². The molecule has 1 saturated carbocycles. The second kappa shape index (κ2) is 12.0. The molecule has 2 aromatic rings. The summed E-state index contributed by atoms with van der Waals surface area (Å²) in [6.45, 7) is 3.19. The van der Waals surface area contributed by atoms with Crippen molar-refractivity contribution in [2.45, 2.75) is 63.5 Å². The molecule has 1 amide bonds. The van der Waals surface area contributed by atoms with Gasteiger partial charge < -0.3 is 19.9 Å². The Labute approximate surface area is 216 Å². The van der Waals surface area contributed by atoms with Crippen molar-refractivity contribution in [2.24, 2.45) is 10.9 Å². The topological polar surface area (TPSA) is 80.2 Å². The molecule has 1 heterocycles. The lowest BCUT2D eigenvalue weighted by Crippen LogP contribution is -2.53. The molecular weight excluding hydrogens is 508 g/mol. The number of carbonyl (C=O) groups excluding carboxylic acids is 1. The lowest BCUT2D eigenvalue weighted by molar-refractivity contribution is -0.128. The molecule has 0 saturated heterocycles. The fourth-order valence-corrected chi connectivity index (χ4v) is 5.10. The number of halogens is 1. The van der Waals surface area contributed by atoms with E-state index >= 15 is 0 Å². The molecule has 188 valence electrons. The molecule has 0 aromatic heterocycles. The predicted molar refractivity (Wildman–Crippen MR) is 141 cm³/mol. The fourth-order valence-electron chi connectivity index (χ4n) is 4.84. The predicted octanol–water partition coefficient (Wildman–Crippen LogP) is 5.05. The van der Waals surface area contributed by atoms with E-state index in [0.29, 0.717) is 37.8 Å². The quantitative estimate of drug-likeness (QED) is 0.411. The smallest absolute Gasteiger partial charge is 0.252 e. The van der Waals surface area contributed by atoms with E-state index in [-0.39, 0.29) is 12.5 Å². The van der Waals surface area contributed by atoms with Gasteiger partial charge in [-0.2, -0.15) is 0 Å². The molecule has 7 heteroatoms. The molecule has 2 aromatic carbocycles. The van der Waals surface area contributed by atoms with Crippen molar-refractivity contribution < 1.29 is 19.4 Å². The summed E-state index contributed by atoms with van der Waals surface area (Å²) in [7, 11) is 0. The Bertz CT molecular complexity index is 1000. The normalized spacial score (nSPS) is 22.4. The van der Waals surface area contributed by atoms with Gasteiger partial charge in [-0.15, -0.1) is 0 Å². The molecule has 2 aliphatic rings.